The fraction of sp³-hybridized carbons (Fsp3) is 0.588. The summed E-state index contributed by atoms with van der Waals surface area (Å²) in [6, 6.07) is 2.82. The van der Waals surface area contributed by atoms with Crippen molar-refractivity contribution in [1.82, 2.24) is 19.9 Å². The molecule has 0 amide bonds. The second-order valence-electron chi connectivity index (χ2n) is 6.49. The van der Waals surface area contributed by atoms with Gasteiger partial charge in [0, 0.05) is 29.9 Å². The zero-order valence-electron chi connectivity index (χ0n) is 13.3. The number of nitrogens with zero attached hydrogens (tertiary/aromatic N) is 4. The lowest BCUT2D eigenvalue weighted by Crippen LogP contribution is -2.42. The molecular weight excluding hydrogens is 306 g/mol. The van der Waals surface area contributed by atoms with E-state index in [4.69, 9.17) is 0 Å². The van der Waals surface area contributed by atoms with E-state index in [1.807, 2.05) is 6.07 Å². The van der Waals surface area contributed by atoms with E-state index in [1.54, 1.807) is 18.7 Å². The van der Waals surface area contributed by atoms with Crippen LogP contribution in [-0.4, -0.2) is 57.0 Å². The van der Waals surface area contributed by atoms with Crippen LogP contribution in [0, 0.1) is 5.92 Å². The van der Waals surface area contributed by atoms with E-state index in [0.717, 1.165) is 35.2 Å². The summed E-state index contributed by atoms with van der Waals surface area (Å²) in [5.41, 5.74) is 0.901. The van der Waals surface area contributed by atoms with Crippen molar-refractivity contribution in [2.75, 3.05) is 36.5 Å². The van der Waals surface area contributed by atoms with Crippen molar-refractivity contribution in [2.45, 2.75) is 25.3 Å². The van der Waals surface area contributed by atoms with Crippen LogP contribution in [0.2, 0.25) is 0 Å². The first-order valence-corrected chi connectivity index (χ1v) is 9.66. The fourth-order valence-electron chi connectivity index (χ4n) is 3.62. The first-order chi connectivity index (χ1) is 11.4. The van der Waals surface area contributed by atoms with E-state index in [-0.39, 0.29) is 0 Å². The second kappa shape index (κ2) is 7.01. The van der Waals surface area contributed by atoms with E-state index in [2.05, 4.69) is 36.9 Å². The van der Waals surface area contributed by atoms with Gasteiger partial charge in [0.15, 0.2) is 0 Å². The van der Waals surface area contributed by atoms with E-state index in [1.165, 1.54) is 43.9 Å². The Kier molecular flexibility index (Phi) is 4.62. The van der Waals surface area contributed by atoms with Gasteiger partial charge in [-0.25, -0.2) is 9.97 Å². The van der Waals surface area contributed by atoms with E-state index in [0.29, 0.717) is 0 Å². The summed E-state index contributed by atoms with van der Waals surface area (Å²) in [4.78, 5) is 15.5. The SMILES string of the molecule is c1cc2c(NCC3CCN(C4CCSC4)CC3)ncnc2cn1. The third-order valence-corrected chi connectivity index (χ3v) is 6.21. The Morgan fingerprint density at radius 3 is 2.96 bits per heavy atom. The van der Waals surface area contributed by atoms with Gasteiger partial charge in [-0.2, -0.15) is 11.8 Å². The lowest BCUT2D eigenvalue weighted by molar-refractivity contribution is 0.148. The highest BCUT2D eigenvalue weighted by Crippen LogP contribution is 2.27. The van der Waals surface area contributed by atoms with Crippen LogP contribution in [-0.2, 0) is 0 Å². The van der Waals surface area contributed by atoms with Crippen molar-refractivity contribution >= 4 is 28.5 Å². The van der Waals surface area contributed by atoms with Gasteiger partial charge in [-0.15, -0.1) is 0 Å². The number of fused-ring (bicyclic) bond motifs is 1. The number of hydrogen-bond acceptors (Lipinski definition) is 6. The Balaban J connectivity index is 1.33. The van der Waals surface area contributed by atoms with Gasteiger partial charge in [0.25, 0.3) is 0 Å². The lowest BCUT2D eigenvalue weighted by Gasteiger charge is -2.35. The molecule has 2 aliphatic heterocycles. The van der Waals surface area contributed by atoms with Gasteiger partial charge in [0.1, 0.15) is 12.1 Å². The number of pyridine rings is 1. The zero-order valence-corrected chi connectivity index (χ0v) is 14.1. The molecule has 5 nitrogen and oxygen atoms in total. The molecule has 1 N–H and O–H groups in total. The Morgan fingerprint density at radius 2 is 2.13 bits per heavy atom. The standard InChI is InChI=1S/C17H23N5S/c1-5-18-10-16-15(1)17(21-12-20-16)19-9-13-2-6-22(7-3-13)14-4-8-23-11-14/h1,5,10,12-14H,2-4,6-9,11H2,(H,19,20,21). The molecule has 2 aromatic rings. The van der Waals surface area contributed by atoms with Crippen LogP contribution in [0.4, 0.5) is 5.82 Å². The maximum Gasteiger partial charge on any atom is 0.137 e. The summed E-state index contributed by atoms with van der Waals surface area (Å²) in [7, 11) is 0. The molecule has 0 aromatic carbocycles. The molecule has 0 spiro atoms. The van der Waals surface area contributed by atoms with Crippen LogP contribution in [0.1, 0.15) is 19.3 Å². The number of thioether (sulfide) groups is 1. The van der Waals surface area contributed by atoms with Gasteiger partial charge in [-0.1, -0.05) is 0 Å². The molecule has 0 radical (unpaired) electrons. The van der Waals surface area contributed by atoms with Crippen LogP contribution in [0.15, 0.2) is 24.8 Å². The van der Waals surface area contributed by atoms with E-state index < -0.39 is 0 Å². The highest BCUT2D eigenvalue weighted by atomic mass is 32.2. The van der Waals surface area contributed by atoms with Crippen LogP contribution >= 0.6 is 11.8 Å². The van der Waals surface area contributed by atoms with Crippen LogP contribution in [0.25, 0.3) is 10.9 Å². The molecule has 2 fully saturated rings. The molecule has 2 saturated heterocycles. The summed E-state index contributed by atoms with van der Waals surface area (Å²) in [6.07, 6.45) is 9.17. The molecule has 4 rings (SSSR count). The Morgan fingerprint density at radius 1 is 1.22 bits per heavy atom. The molecule has 0 saturated carbocycles. The highest BCUT2D eigenvalue weighted by Gasteiger charge is 2.27. The lowest BCUT2D eigenvalue weighted by atomic mass is 9.95. The summed E-state index contributed by atoms with van der Waals surface area (Å²) in [5.74, 6) is 4.37. The van der Waals surface area contributed by atoms with Gasteiger partial charge in [-0.3, -0.25) is 9.88 Å². The van der Waals surface area contributed by atoms with Gasteiger partial charge in [-0.05, 0) is 50.1 Å². The Hall–Kier alpha value is -1.40. The molecule has 0 bridgehead atoms. The fourth-order valence-corrected chi connectivity index (χ4v) is 4.88. The number of rotatable bonds is 4. The summed E-state index contributed by atoms with van der Waals surface area (Å²) in [6.45, 7) is 3.51. The molecular formula is C17H23N5S. The maximum atomic E-state index is 4.41. The van der Waals surface area contributed by atoms with Crippen molar-refractivity contribution in [2.24, 2.45) is 5.92 Å². The van der Waals surface area contributed by atoms with Gasteiger partial charge in [0.05, 0.1) is 11.7 Å². The molecule has 1 atom stereocenters. The number of hydrogen-bond donors (Lipinski definition) is 1. The topological polar surface area (TPSA) is 53.9 Å². The molecule has 4 heterocycles. The summed E-state index contributed by atoms with van der Waals surface area (Å²) >= 11 is 2.11. The number of piperidine rings is 1. The first kappa shape index (κ1) is 15.1. The summed E-state index contributed by atoms with van der Waals surface area (Å²) < 4.78 is 0. The average molecular weight is 329 g/mol. The van der Waals surface area contributed by atoms with Crippen LogP contribution < -0.4 is 5.32 Å². The monoisotopic (exact) mass is 329 g/mol. The second-order valence-corrected chi connectivity index (χ2v) is 7.64. The maximum absolute atomic E-state index is 4.41. The van der Waals surface area contributed by atoms with Crippen molar-refractivity contribution < 1.29 is 0 Å². The van der Waals surface area contributed by atoms with E-state index in [9.17, 15) is 0 Å². The summed E-state index contributed by atoms with van der Waals surface area (Å²) in [5, 5.41) is 4.60. The van der Waals surface area contributed by atoms with Crippen LogP contribution in [0.5, 0.6) is 0 Å². The molecule has 23 heavy (non-hydrogen) atoms. The molecule has 6 heteroatoms. The van der Waals surface area contributed by atoms with E-state index >= 15 is 0 Å². The molecule has 122 valence electrons. The minimum atomic E-state index is 0.743. The highest BCUT2D eigenvalue weighted by molar-refractivity contribution is 7.99. The Bertz CT molecular complexity index is 645. The normalized spacial score (nSPS) is 23.4. The number of likely N-dealkylation sites (tertiary alicyclic amines) is 1. The molecule has 0 aliphatic carbocycles. The van der Waals surface area contributed by atoms with Crippen molar-refractivity contribution in [3.63, 3.8) is 0 Å². The predicted octanol–water partition coefficient (Wildman–Crippen LogP) is 2.65. The van der Waals surface area contributed by atoms with Crippen LogP contribution in [0.3, 0.4) is 0 Å². The molecule has 1 unspecified atom stereocenters. The first-order valence-electron chi connectivity index (χ1n) is 8.50. The van der Waals surface area contributed by atoms with Gasteiger partial charge < -0.3 is 5.32 Å². The smallest absolute Gasteiger partial charge is 0.137 e. The number of anilines is 1. The van der Waals surface area contributed by atoms with Gasteiger partial charge in [0.2, 0.25) is 0 Å². The predicted molar refractivity (Wildman–Crippen MR) is 95.8 cm³/mol. The number of aromatic nitrogens is 3. The van der Waals surface area contributed by atoms with Crippen molar-refractivity contribution in [3.05, 3.63) is 24.8 Å². The minimum absolute atomic E-state index is 0.743. The number of nitrogens with one attached hydrogen (secondary N) is 1. The third-order valence-electron chi connectivity index (χ3n) is 5.07. The van der Waals surface area contributed by atoms with Gasteiger partial charge >= 0.3 is 0 Å². The largest absolute Gasteiger partial charge is 0.369 e. The minimum Gasteiger partial charge on any atom is -0.369 e. The molecule has 2 aliphatic rings. The van der Waals surface area contributed by atoms with Crippen molar-refractivity contribution in [3.8, 4) is 0 Å². The van der Waals surface area contributed by atoms with Crippen molar-refractivity contribution in [1.29, 1.82) is 0 Å². The zero-order chi connectivity index (χ0) is 15.5. The quantitative estimate of drug-likeness (QED) is 0.931. The average Bonchev–Trinajstić information content (AvgIpc) is 3.15. The Labute approximate surface area is 141 Å². The molecule has 2 aromatic heterocycles. The third kappa shape index (κ3) is 3.43.